The number of hydrogen-bond donors (Lipinski definition) is 1. The molecule has 0 bridgehead atoms. The number of hydrogen-bond acceptors (Lipinski definition) is 2. The average molecular weight is 257 g/mol. The van der Waals surface area contributed by atoms with Gasteiger partial charge in [0.2, 0.25) is 0 Å². The molecular formula is C15H31NS. The monoisotopic (exact) mass is 257 g/mol. The van der Waals surface area contributed by atoms with Crippen molar-refractivity contribution >= 4 is 11.8 Å². The molecule has 102 valence electrons. The molecule has 0 heterocycles. The zero-order valence-electron chi connectivity index (χ0n) is 11.8. The lowest BCUT2D eigenvalue weighted by atomic mass is 10.0. The van der Waals surface area contributed by atoms with Crippen LogP contribution in [0.5, 0.6) is 0 Å². The normalized spacial score (nSPS) is 24.4. The minimum absolute atomic E-state index is 0.839. The third-order valence-corrected chi connectivity index (χ3v) is 4.94. The molecule has 2 atom stereocenters. The molecule has 0 amide bonds. The van der Waals surface area contributed by atoms with Crippen molar-refractivity contribution in [3.63, 3.8) is 0 Å². The largest absolute Gasteiger partial charge is 0.314 e. The van der Waals surface area contributed by atoms with Gasteiger partial charge in [-0.05, 0) is 56.1 Å². The molecule has 1 fully saturated rings. The van der Waals surface area contributed by atoms with Crippen molar-refractivity contribution in [3.05, 3.63) is 0 Å². The highest BCUT2D eigenvalue weighted by molar-refractivity contribution is 7.99. The summed E-state index contributed by atoms with van der Waals surface area (Å²) in [6, 6.07) is 0.839. The van der Waals surface area contributed by atoms with Crippen molar-refractivity contribution in [2.75, 3.05) is 18.1 Å². The fourth-order valence-corrected chi connectivity index (χ4v) is 3.85. The molecule has 0 aromatic carbocycles. The Bertz CT molecular complexity index is 172. The van der Waals surface area contributed by atoms with Crippen molar-refractivity contribution in [1.29, 1.82) is 0 Å². The third kappa shape index (κ3) is 6.71. The first-order valence-corrected chi connectivity index (χ1v) is 8.85. The quantitative estimate of drug-likeness (QED) is 0.580. The Kier molecular flexibility index (Phi) is 9.27. The van der Waals surface area contributed by atoms with Crippen LogP contribution >= 0.6 is 11.8 Å². The van der Waals surface area contributed by atoms with Gasteiger partial charge in [-0.1, -0.05) is 33.1 Å². The van der Waals surface area contributed by atoms with E-state index < -0.39 is 0 Å². The molecule has 1 N–H and O–H groups in total. The molecular weight excluding hydrogens is 226 g/mol. The lowest BCUT2D eigenvalue weighted by Crippen LogP contribution is -2.33. The molecule has 1 nitrogen and oxygen atoms in total. The van der Waals surface area contributed by atoms with Gasteiger partial charge >= 0.3 is 0 Å². The number of rotatable bonds is 10. The van der Waals surface area contributed by atoms with Crippen LogP contribution in [-0.2, 0) is 0 Å². The van der Waals surface area contributed by atoms with E-state index in [2.05, 4.69) is 30.9 Å². The fourth-order valence-electron chi connectivity index (χ4n) is 2.77. The summed E-state index contributed by atoms with van der Waals surface area (Å²) in [4.78, 5) is 0. The Labute approximate surface area is 113 Å². The van der Waals surface area contributed by atoms with Gasteiger partial charge in [-0.15, -0.1) is 0 Å². The first-order chi connectivity index (χ1) is 8.38. The summed E-state index contributed by atoms with van der Waals surface area (Å²) in [6.45, 7) is 5.76. The van der Waals surface area contributed by atoms with Crippen LogP contribution in [0.1, 0.15) is 65.2 Å². The standard InChI is InChI=1S/C15H31NS/c1-3-5-6-12-17-13-10-14-8-7-9-15(14)16-11-4-2/h14-16H,3-13H2,1-2H3. The fraction of sp³-hybridized carbons (Fsp3) is 1.00. The Morgan fingerprint density at radius 1 is 1.06 bits per heavy atom. The number of unbranched alkanes of at least 4 members (excludes halogenated alkanes) is 2. The van der Waals surface area contributed by atoms with Crippen LogP contribution in [0.4, 0.5) is 0 Å². The molecule has 1 rings (SSSR count). The van der Waals surface area contributed by atoms with Gasteiger partial charge < -0.3 is 5.32 Å². The van der Waals surface area contributed by atoms with E-state index in [0.29, 0.717) is 0 Å². The van der Waals surface area contributed by atoms with Gasteiger partial charge in [-0.25, -0.2) is 0 Å². The van der Waals surface area contributed by atoms with Gasteiger partial charge in [-0.2, -0.15) is 11.8 Å². The van der Waals surface area contributed by atoms with Crippen molar-refractivity contribution in [2.24, 2.45) is 5.92 Å². The SMILES string of the molecule is CCCCCSCCC1CCCC1NCCC. The van der Waals surface area contributed by atoms with E-state index in [1.165, 1.54) is 69.4 Å². The second-order valence-corrected chi connectivity index (χ2v) is 6.58. The lowest BCUT2D eigenvalue weighted by Gasteiger charge is -2.20. The van der Waals surface area contributed by atoms with E-state index >= 15 is 0 Å². The minimum atomic E-state index is 0.839. The van der Waals surface area contributed by atoms with Crippen molar-refractivity contribution < 1.29 is 0 Å². The van der Waals surface area contributed by atoms with Gasteiger partial charge in [0.15, 0.2) is 0 Å². The topological polar surface area (TPSA) is 12.0 Å². The van der Waals surface area contributed by atoms with Crippen LogP contribution < -0.4 is 5.32 Å². The molecule has 2 unspecified atom stereocenters. The molecule has 0 spiro atoms. The summed E-state index contributed by atoms with van der Waals surface area (Å²) < 4.78 is 0. The first kappa shape index (κ1) is 15.4. The maximum atomic E-state index is 3.73. The van der Waals surface area contributed by atoms with Gasteiger partial charge in [0.05, 0.1) is 0 Å². The summed E-state index contributed by atoms with van der Waals surface area (Å²) in [5, 5.41) is 3.73. The second-order valence-electron chi connectivity index (χ2n) is 5.36. The van der Waals surface area contributed by atoms with E-state index in [9.17, 15) is 0 Å². The van der Waals surface area contributed by atoms with Gasteiger partial charge in [0, 0.05) is 6.04 Å². The molecule has 0 aliphatic heterocycles. The van der Waals surface area contributed by atoms with Gasteiger partial charge in [0.1, 0.15) is 0 Å². The molecule has 1 aliphatic rings. The van der Waals surface area contributed by atoms with Crippen LogP contribution in [0, 0.1) is 5.92 Å². The van der Waals surface area contributed by atoms with Crippen LogP contribution in [0.15, 0.2) is 0 Å². The number of nitrogens with one attached hydrogen (secondary N) is 1. The molecule has 0 saturated heterocycles. The Hall–Kier alpha value is 0.310. The summed E-state index contributed by atoms with van der Waals surface area (Å²) in [5.41, 5.74) is 0. The van der Waals surface area contributed by atoms with Crippen molar-refractivity contribution in [1.82, 2.24) is 5.32 Å². The highest BCUT2D eigenvalue weighted by Gasteiger charge is 2.25. The summed E-state index contributed by atoms with van der Waals surface area (Å²) in [5.74, 6) is 3.74. The van der Waals surface area contributed by atoms with E-state index in [1.54, 1.807) is 0 Å². The lowest BCUT2D eigenvalue weighted by molar-refractivity contribution is 0.393. The highest BCUT2D eigenvalue weighted by Crippen LogP contribution is 2.29. The van der Waals surface area contributed by atoms with Gasteiger partial charge in [-0.3, -0.25) is 0 Å². The molecule has 1 saturated carbocycles. The van der Waals surface area contributed by atoms with Gasteiger partial charge in [0.25, 0.3) is 0 Å². The summed E-state index contributed by atoms with van der Waals surface area (Å²) in [7, 11) is 0. The Morgan fingerprint density at radius 3 is 2.71 bits per heavy atom. The molecule has 0 aromatic rings. The molecule has 0 aromatic heterocycles. The third-order valence-electron chi connectivity index (χ3n) is 3.84. The maximum Gasteiger partial charge on any atom is 0.00956 e. The van der Waals surface area contributed by atoms with Crippen LogP contribution in [0.25, 0.3) is 0 Å². The Morgan fingerprint density at radius 2 is 1.94 bits per heavy atom. The van der Waals surface area contributed by atoms with Crippen molar-refractivity contribution in [3.8, 4) is 0 Å². The zero-order chi connectivity index (χ0) is 12.3. The molecule has 1 aliphatic carbocycles. The number of thioether (sulfide) groups is 1. The van der Waals surface area contributed by atoms with E-state index in [0.717, 1.165) is 12.0 Å². The van der Waals surface area contributed by atoms with E-state index in [1.807, 2.05) is 0 Å². The van der Waals surface area contributed by atoms with Crippen LogP contribution in [-0.4, -0.2) is 24.1 Å². The van der Waals surface area contributed by atoms with Crippen LogP contribution in [0.3, 0.4) is 0 Å². The minimum Gasteiger partial charge on any atom is -0.314 e. The summed E-state index contributed by atoms with van der Waals surface area (Å²) in [6.07, 6.45) is 11.2. The molecule has 2 heteroatoms. The van der Waals surface area contributed by atoms with Crippen molar-refractivity contribution in [2.45, 2.75) is 71.3 Å². The highest BCUT2D eigenvalue weighted by atomic mass is 32.2. The first-order valence-electron chi connectivity index (χ1n) is 7.69. The predicted molar refractivity (Wildman–Crippen MR) is 80.9 cm³/mol. The Balaban J connectivity index is 2.00. The smallest absolute Gasteiger partial charge is 0.00956 e. The zero-order valence-corrected chi connectivity index (χ0v) is 12.7. The second kappa shape index (κ2) is 10.3. The predicted octanol–water partition coefficient (Wildman–Crippen LogP) is 4.47. The van der Waals surface area contributed by atoms with E-state index in [-0.39, 0.29) is 0 Å². The molecule has 17 heavy (non-hydrogen) atoms. The average Bonchev–Trinajstić information content (AvgIpc) is 2.78. The maximum absolute atomic E-state index is 3.73. The van der Waals surface area contributed by atoms with E-state index in [4.69, 9.17) is 0 Å². The van der Waals surface area contributed by atoms with Crippen LogP contribution in [0.2, 0.25) is 0 Å². The summed E-state index contributed by atoms with van der Waals surface area (Å²) >= 11 is 2.18. The molecule has 0 radical (unpaired) electrons.